The van der Waals surface area contributed by atoms with Gasteiger partial charge in [-0.3, -0.25) is 9.78 Å². The number of hydrogen-bond acceptors (Lipinski definition) is 7. The van der Waals surface area contributed by atoms with Gasteiger partial charge in [-0.15, -0.1) is 0 Å². The average molecular weight is 411 g/mol. The van der Waals surface area contributed by atoms with E-state index in [2.05, 4.69) is 26.2 Å². The number of rotatable bonds is 5. The van der Waals surface area contributed by atoms with Crippen molar-refractivity contribution in [1.82, 2.24) is 29.9 Å². The third kappa shape index (κ3) is 3.79. The molecule has 0 N–H and O–H groups in total. The van der Waals surface area contributed by atoms with Gasteiger partial charge in [-0.1, -0.05) is 12.1 Å². The molecular weight excluding hydrogens is 394 g/mol. The van der Waals surface area contributed by atoms with Gasteiger partial charge in [0.1, 0.15) is 12.0 Å². The zero-order valence-corrected chi connectivity index (χ0v) is 16.4. The number of hydrogen-bond donors (Lipinski definition) is 0. The summed E-state index contributed by atoms with van der Waals surface area (Å²) < 4.78 is 5.49. The van der Waals surface area contributed by atoms with Gasteiger partial charge in [0.05, 0.1) is 36.6 Å². The molecule has 9 heteroatoms. The fraction of sp³-hybridized carbons (Fsp3) is 0.182. The zero-order chi connectivity index (χ0) is 21.2. The van der Waals surface area contributed by atoms with Gasteiger partial charge >= 0.3 is 0 Å². The second-order valence-electron chi connectivity index (χ2n) is 7.27. The molecule has 1 saturated heterocycles. The summed E-state index contributed by atoms with van der Waals surface area (Å²) in [6.07, 6.45) is 6.66. The highest BCUT2D eigenvalue weighted by Crippen LogP contribution is 2.28. The molecule has 1 aromatic carbocycles. The Morgan fingerprint density at radius 2 is 1.90 bits per heavy atom. The minimum Gasteiger partial charge on any atom is -0.448 e. The summed E-state index contributed by atoms with van der Waals surface area (Å²) >= 11 is 0. The highest BCUT2D eigenvalue weighted by molar-refractivity contribution is 5.92. The molecule has 0 saturated carbocycles. The number of benzene rings is 1. The second kappa shape index (κ2) is 7.84. The minimum absolute atomic E-state index is 0.145. The van der Waals surface area contributed by atoms with Crippen LogP contribution in [0.1, 0.15) is 39.1 Å². The van der Waals surface area contributed by atoms with Gasteiger partial charge in [0.2, 0.25) is 5.89 Å². The molecule has 31 heavy (non-hydrogen) atoms. The lowest BCUT2D eigenvalue weighted by atomic mass is 9.91. The third-order valence-corrected chi connectivity index (χ3v) is 5.24. The van der Waals surface area contributed by atoms with Crippen molar-refractivity contribution >= 4 is 5.91 Å². The number of amides is 1. The molecule has 0 aliphatic carbocycles. The molecule has 1 aliphatic rings. The van der Waals surface area contributed by atoms with Gasteiger partial charge in [-0.05, 0) is 29.8 Å². The molecule has 0 atom stereocenters. The normalized spacial score (nSPS) is 13.6. The summed E-state index contributed by atoms with van der Waals surface area (Å²) in [5.41, 5.74) is 3.58. The highest BCUT2D eigenvalue weighted by atomic mass is 16.3. The van der Waals surface area contributed by atoms with Crippen molar-refractivity contribution in [1.29, 1.82) is 5.26 Å². The van der Waals surface area contributed by atoms with Crippen molar-refractivity contribution in [2.24, 2.45) is 0 Å². The molecule has 1 aliphatic heterocycles. The van der Waals surface area contributed by atoms with Gasteiger partial charge in [-0.25, -0.2) is 4.98 Å². The predicted molar refractivity (Wildman–Crippen MR) is 108 cm³/mol. The van der Waals surface area contributed by atoms with Crippen LogP contribution in [-0.4, -0.2) is 48.9 Å². The maximum absolute atomic E-state index is 12.7. The Kier molecular flexibility index (Phi) is 4.72. The summed E-state index contributed by atoms with van der Waals surface area (Å²) in [7, 11) is 0. The second-order valence-corrected chi connectivity index (χ2v) is 7.27. The summed E-state index contributed by atoms with van der Waals surface area (Å²) in [4.78, 5) is 24.6. The monoisotopic (exact) mass is 411 g/mol. The molecule has 152 valence electrons. The first-order valence-corrected chi connectivity index (χ1v) is 9.75. The highest BCUT2D eigenvalue weighted by Gasteiger charge is 2.33. The SMILES string of the molecule is N#Cc1ccc(C2CN(C(=O)c3coc(Cc4ccc(-n5nccn5)cn4)n3)C2)cc1. The third-order valence-electron chi connectivity index (χ3n) is 5.24. The van der Waals surface area contributed by atoms with Crippen molar-refractivity contribution in [2.75, 3.05) is 13.1 Å². The standard InChI is InChI=1S/C22H17N7O2/c23-10-15-1-3-16(4-2-15)17-12-28(13-17)22(30)20-14-31-21(27-20)9-18-5-6-19(11-24-18)29-25-7-8-26-29/h1-8,11,14,17H,9,12-13H2. The first-order valence-electron chi connectivity index (χ1n) is 9.75. The Bertz CT molecular complexity index is 1230. The van der Waals surface area contributed by atoms with Crippen molar-refractivity contribution in [3.05, 3.63) is 89.7 Å². The molecule has 1 amide bonds. The van der Waals surface area contributed by atoms with E-state index in [-0.39, 0.29) is 11.8 Å². The molecule has 4 heterocycles. The van der Waals surface area contributed by atoms with Crippen LogP contribution in [0, 0.1) is 11.3 Å². The number of pyridine rings is 1. The van der Waals surface area contributed by atoms with E-state index in [0.717, 1.165) is 16.9 Å². The van der Waals surface area contributed by atoms with Gasteiger partial charge in [0.15, 0.2) is 5.69 Å². The maximum Gasteiger partial charge on any atom is 0.275 e. The number of oxazole rings is 1. The lowest BCUT2D eigenvalue weighted by Crippen LogP contribution is -2.48. The first-order chi connectivity index (χ1) is 15.2. The van der Waals surface area contributed by atoms with Gasteiger partial charge in [0, 0.05) is 24.7 Å². The summed E-state index contributed by atoms with van der Waals surface area (Å²) in [6.45, 7) is 1.24. The van der Waals surface area contributed by atoms with Gasteiger partial charge in [0.25, 0.3) is 5.91 Å². The first kappa shape index (κ1) is 18.7. The quantitative estimate of drug-likeness (QED) is 0.495. The van der Waals surface area contributed by atoms with Crippen LogP contribution >= 0.6 is 0 Å². The molecule has 0 bridgehead atoms. The van der Waals surface area contributed by atoms with Gasteiger partial charge < -0.3 is 9.32 Å². The molecule has 3 aromatic heterocycles. The number of carbonyl (C=O) groups is 1. The summed E-state index contributed by atoms with van der Waals surface area (Å²) in [6, 6.07) is 13.3. The van der Waals surface area contributed by atoms with E-state index < -0.39 is 0 Å². The predicted octanol–water partition coefficient (Wildman–Crippen LogP) is 2.35. The van der Waals surface area contributed by atoms with Crippen molar-refractivity contribution < 1.29 is 9.21 Å². The van der Waals surface area contributed by atoms with Crippen LogP contribution in [0.4, 0.5) is 0 Å². The average Bonchev–Trinajstić information content (AvgIpc) is 3.46. The van der Waals surface area contributed by atoms with Crippen LogP contribution < -0.4 is 0 Å². The molecule has 1 fully saturated rings. The minimum atomic E-state index is -0.145. The van der Waals surface area contributed by atoms with E-state index in [0.29, 0.717) is 36.7 Å². The molecular formula is C22H17N7O2. The molecule has 0 unspecified atom stereocenters. The van der Waals surface area contributed by atoms with Crippen LogP contribution in [0.5, 0.6) is 0 Å². The molecule has 5 rings (SSSR count). The van der Waals surface area contributed by atoms with Crippen LogP contribution in [-0.2, 0) is 6.42 Å². The van der Waals surface area contributed by atoms with E-state index in [1.54, 1.807) is 35.6 Å². The van der Waals surface area contributed by atoms with Crippen LogP contribution in [0.2, 0.25) is 0 Å². The van der Waals surface area contributed by atoms with E-state index in [1.165, 1.54) is 11.1 Å². The lowest BCUT2D eigenvalue weighted by Gasteiger charge is -2.39. The smallest absolute Gasteiger partial charge is 0.275 e. The molecule has 4 aromatic rings. The molecule has 0 radical (unpaired) electrons. The van der Waals surface area contributed by atoms with E-state index in [9.17, 15) is 4.79 Å². The fourth-order valence-electron chi connectivity index (χ4n) is 3.48. The lowest BCUT2D eigenvalue weighted by molar-refractivity contribution is 0.0596. The topological polar surface area (TPSA) is 114 Å². The molecule has 0 spiro atoms. The maximum atomic E-state index is 12.7. The zero-order valence-electron chi connectivity index (χ0n) is 16.4. The van der Waals surface area contributed by atoms with E-state index in [4.69, 9.17) is 9.68 Å². The Balaban J connectivity index is 1.19. The Hall–Kier alpha value is -4.32. The van der Waals surface area contributed by atoms with Gasteiger partial charge in [-0.2, -0.15) is 20.3 Å². The summed E-state index contributed by atoms with van der Waals surface area (Å²) in [5, 5.41) is 17.0. The van der Waals surface area contributed by atoms with Crippen molar-refractivity contribution in [3.8, 4) is 11.8 Å². The summed E-state index contributed by atoms with van der Waals surface area (Å²) in [5.74, 6) is 0.563. The number of nitriles is 1. The van der Waals surface area contributed by atoms with Crippen LogP contribution in [0.25, 0.3) is 5.69 Å². The molecule has 9 nitrogen and oxygen atoms in total. The van der Waals surface area contributed by atoms with E-state index in [1.807, 2.05) is 24.3 Å². The Morgan fingerprint density at radius 3 is 2.58 bits per heavy atom. The van der Waals surface area contributed by atoms with Crippen molar-refractivity contribution in [3.63, 3.8) is 0 Å². The van der Waals surface area contributed by atoms with E-state index >= 15 is 0 Å². The Labute approximate surface area is 177 Å². The number of carbonyl (C=O) groups excluding carboxylic acids is 1. The van der Waals surface area contributed by atoms with Crippen LogP contribution in [0.3, 0.4) is 0 Å². The number of likely N-dealkylation sites (tertiary alicyclic amines) is 1. The Morgan fingerprint density at radius 1 is 1.13 bits per heavy atom. The fourth-order valence-corrected chi connectivity index (χ4v) is 3.48. The van der Waals surface area contributed by atoms with Crippen LogP contribution in [0.15, 0.2) is 65.7 Å². The number of nitrogens with zero attached hydrogens (tertiary/aromatic N) is 7. The van der Waals surface area contributed by atoms with Crippen molar-refractivity contribution in [2.45, 2.75) is 12.3 Å². The number of aromatic nitrogens is 5. The largest absolute Gasteiger partial charge is 0.448 e.